The smallest absolute Gasteiger partial charge is 0.416 e. The molecule has 2 aromatic rings. The number of ether oxygens (including phenoxy) is 1. The standard InChI is InChI=1S/C22H24F3N3O3/c1-3-26-21(29)28(13-15-5-4-6-17(11-15)22(23,24)25)14-19-12-20(27-31-19)16-7-9-18(30-2)10-8-16/h4-11,19H,3,12-14H2,1-2H3,(H,26,29). The van der Waals surface area contributed by atoms with Crippen LogP contribution in [0.15, 0.2) is 53.7 Å². The number of rotatable bonds is 7. The summed E-state index contributed by atoms with van der Waals surface area (Å²) >= 11 is 0. The van der Waals surface area contributed by atoms with Gasteiger partial charge in [-0.15, -0.1) is 0 Å². The lowest BCUT2D eigenvalue weighted by atomic mass is 10.0. The lowest BCUT2D eigenvalue weighted by molar-refractivity contribution is -0.137. The van der Waals surface area contributed by atoms with Crippen LogP contribution in [0.1, 0.15) is 30.0 Å². The average molecular weight is 435 g/mol. The van der Waals surface area contributed by atoms with Crippen LogP contribution in [0.25, 0.3) is 0 Å². The number of urea groups is 1. The number of carbonyl (C=O) groups excluding carboxylic acids is 1. The highest BCUT2D eigenvalue weighted by atomic mass is 19.4. The van der Waals surface area contributed by atoms with Crippen LogP contribution in [-0.4, -0.2) is 42.9 Å². The summed E-state index contributed by atoms with van der Waals surface area (Å²) < 4.78 is 44.2. The molecule has 1 atom stereocenters. The van der Waals surface area contributed by atoms with E-state index >= 15 is 0 Å². The van der Waals surface area contributed by atoms with Gasteiger partial charge in [0.05, 0.1) is 24.9 Å². The van der Waals surface area contributed by atoms with E-state index in [0.717, 1.165) is 29.2 Å². The molecule has 1 N–H and O–H groups in total. The fourth-order valence-corrected chi connectivity index (χ4v) is 3.27. The molecule has 6 nitrogen and oxygen atoms in total. The van der Waals surface area contributed by atoms with E-state index in [4.69, 9.17) is 9.57 Å². The third-order valence-electron chi connectivity index (χ3n) is 4.82. The number of nitrogens with one attached hydrogen (secondary N) is 1. The molecule has 0 aromatic heterocycles. The molecule has 166 valence electrons. The highest BCUT2D eigenvalue weighted by molar-refractivity contribution is 6.01. The minimum atomic E-state index is -4.44. The third kappa shape index (κ3) is 5.90. The van der Waals surface area contributed by atoms with Crippen molar-refractivity contribution in [3.63, 3.8) is 0 Å². The van der Waals surface area contributed by atoms with E-state index in [1.807, 2.05) is 24.3 Å². The molecule has 3 rings (SSSR count). The summed E-state index contributed by atoms with van der Waals surface area (Å²) in [7, 11) is 1.58. The van der Waals surface area contributed by atoms with Crippen molar-refractivity contribution in [2.75, 3.05) is 20.2 Å². The monoisotopic (exact) mass is 435 g/mol. The molecule has 0 saturated heterocycles. The van der Waals surface area contributed by atoms with Gasteiger partial charge in [0, 0.05) is 19.5 Å². The van der Waals surface area contributed by atoms with Gasteiger partial charge >= 0.3 is 12.2 Å². The van der Waals surface area contributed by atoms with Crippen molar-refractivity contribution in [1.82, 2.24) is 10.2 Å². The molecule has 1 aliphatic rings. The highest BCUT2D eigenvalue weighted by Crippen LogP contribution is 2.30. The van der Waals surface area contributed by atoms with Gasteiger partial charge in [0.1, 0.15) is 5.75 Å². The normalized spacial score (nSPS) is 15.8. The fourth-order valence-electron chi connectivity index (χ4n) is 3.27. The summed E-state index contributed by atoms with van der Waals surface area (Å²) in [6.45, 7) is 2.38. The largest absolute Gasteiger partial charge is 0.497 e. The minimum absolute atomic E-state index is 0.0213. The minimum Gasteiger partial charge on any atom is -0.497 e. The molecular weight excluding hydrogens is 411 g/mol. The Balaban J connectivity index is 1.68. The van der Waals surface area contributed by atoms with Gasteiger partial charge in [0.25, 0.3) is 0 Å². The van der Waals surface area contributed by atoms with Crippen LogP contribution in [0.5, 0.6) is 5.75 Å². The van der Waals surface area contributed by atoms with Gasteiger partial charge < -0.3 is 19.8 Å². The molecule has 1 heterocycles. The average Bonchev–Trinajstić information content (AvgIpc) is 3.22. The maximum atomic E-state index is 13.0. The summed E-state index contributed by atoms with van der Waals surface area (Å²) in [6.07, 6.45) is -4.36. The maximum absolute atomic E-state index is 13.0. The Kier molecular flexibility index (Phi) is 7.04. The predicted molar refractivity (Wildman–Crippen MR) is 110 cm³/mol. The van der Waals surface area contributed by atoms with E-state index in [2.05, 4.69) is 10.5 Å². The van der Waals surface area contributed by atoms with Crippen molar-refractivity contribution < 1.29 is 27.5 Å². The van der Waals surface area contributed by atoms with E-state index < -0.39 is 17.8 Å². The van der Waals surface area contributed by atoms with Crippen molar-refractivity contribution in [3.05, 3.63) is 65.2 Å². The Morgan fingerprint density at radius 3 is 2.65 bits per heavy atom. The van der Waals surface area contributed by atoms with Crippen LogP contribution in [0.4, 0.5) is 18.0 Å². The number of amides is 2. The molecule has 0 bridgehead atoms. The zero-order valence-corrected chi connectivity index (χ0v) is 17.3. The molecule has 2 aromatic carbocycles. The molecule has 0 radical (unpaired) electrons. The zero-order chi connectivity index (χ0) is 22.4. The Hall–Kier alpha value is -3.23. The van der Waals surface area contributed by atoms with Gasteiger partial charge in [0.15, 0.2) is 6.10 Å². The van der Waals surface area contributed by atoms with Gasteiger partial charge in [-0.25, -0.2) is 4.79 Å². The maximum Gasteiger partial charge on any atom is 0.416 e. The fraction of sp³-hybridized carbons (Fsp3) is 0.364. The van der Waals surface area contributed by atoms with Crippen LogP contribution >= 0.6 is 0 Å². The summed E-state index contributed by atoms with van der Waals surface area (Å²) in [4.78, 5) is 19.5. The second-order valence-corrected chi connectivity index (χ2v) is 7.11. The summed E-state index contributed by atoms with van der Waals surface area (Å²) in [5, 5.41) is 6.82. The molecule has 1 unspecified atom stereocenters. The van der Waals surface area contributed by atoms with Gasteiger partial charge in [-0.1, -0.05) is 17.3 Å². The molecule has 2 amide bonds. The first-order valence-corrected chi connectivity index (χ1v) is 9.86. The number of hydrogen-bond acceptors (Lipinski definition) is 4. The van der Waals surface area contributed by atoms with Crippen molar-refractivity contribution >= 4 is 11.7 Å². The number of oxime groups is 1. The lowest BCUT2D eigenvalue weighted by Gasteiger charge is -2.25. The predicted octanol–water partition coefficient (Wildman–Crippen LogP) is 4.44. The topological polar surface area (TPSA) is 63.2 Å². The van der Waals surface area contributed by atoms with E-state index in [9.17, 15) is 18.0 Å². The van der Waals surface area contributed by atoms with E-state index in [0.29, 0.717) is 18.5 Å². The number of alkyl halides is 3. The van der Waals surface area contributed by atoms with Gasteiger partial charge in [-0.05, 0) is 54.4 Å². The molecule has 0 saturated carbocycles. The quantitative estimate of drug-likeness (QED) is 0.700. The third-order valence-corrected chi connectivity index (χ3v) is 4.82. The Morgan fingerprint density at radius 2 is 2.00 bits per heavy atom. The van der Waals surface area contributed by atoms with Crippen molar-refractivity contribution in [2.45, 2.75) is 32.2 Å². The van der Waals surface area contributed by atoms with E-state index in [-0.39, 0.29) is 19.1 Å². The van der Waals surface area contributed by atoms with Crippen LogP contribution in [0, 0.1) is 0 Å². The first-order valence-electron chi connectivity index (χ1n) is 9.86. The van der Waals surface area contributed by atoms with Crippen LogP contribution in [0.2, 0.25) is 0 Å². The van der Waals surface area contributed by atoms with Crippen molar-refractivity contribution in [2.24, 2.45) is 5.16 Å². The van der Waals surface area contributed by atoms with Crippen LogP contribution in [0.3, 0.4) is 0 Å². The molecule has 0 aliphatic carbocycles. The molecule has 1 aliphatic heterocycles. The van der Waals surface area contributed by atoms with Crippen molar-refractivity contribution in [3.8, 4) is 5.75 Å². The highest BCUT2D eigenvalue weighted by Gasteiger charge is 2.31. The van der Waals surface area contributed by atoms with E-state index in [1.54, 1.807) is 20.1 Å². The Bertz CT molecular complexity index is 930. The summed E-state index contributed by atoms with van der Waals surface area (Å²) in [5.74, 6) is 0.725. The van der Waals surface area contributed by atoms with E-state index in [1.165, 1.54) is 11.0 Å². The van der Waals surface area contributed by atoms with Gasteiger partial charge in [-0.2, -0.15) is 13.2 Å². The second kappa shape index (κ2) is 9.72. The molecule has 0 spiro atoms. The summed E-state index contributed by atoms with van der Waals surface area (Å²) in [6, 6.07) is 12.0. The van der Waals surface area contributed by atoms with Crippen LogP contribution < -0.4 is 10.1 Å². The molecule has 31 heavy (non-hydrogen) atoms. The number of hydrogen-bond donors (Lipinski definition) is 1. The zero-order valence-electron chi connectivity index (χ0n) is 17.3. The van der Waals surface area contributed by atoms with Gasteiger partial charge in [0.2, 0.25) is 0 Å². The van der Waals surface area contributed by atoms with Gasteiger partial charge in [-0.3, -0.25) is 0 Å². The van der Waals surface area contributed by atoms with Crippen molar-refractivity contribution in [1.29, 1.82) is 0 Å². The number of halogens is 3. The number of carbonyl (C=O) groups is 1. The second-order valence-electron chi connectivity index (χ2n) is 7.11. The lowest BCUT2D eigenvalue weighted by Crippen LogP contribution is -2.43. The molecule has 0 fully saturated rings. The number of methoxy groups -OCH3 is 1. The first kappa shape index (κ1) is 22.5. The Morgan fingerprint density at radius 1 is 1.26 bits per heavy atom. The summed E-state index contributed by atoms with van der Waals surface area (Å²) in [5.41, 5.74) is 1.26. The molecular formula is C22H24F3N3O3. The SMILES string of the molecule is CCNC(=O)N(Cc1cccc(C(F)(F)F)c1)CC1CC(c2ccc(OC)cc2)=NO1. The number of nitrogens with zero attached hydrogens (tertiary/aromatic N) is 2. The number of benzene rings is 2. The first-order chi connectivity index (χ1) is 14.8. The Labute approximate surface area is 178 Å². The molecule has 9 heteroatoms. The van der Waals surface area contributed by atoms with Crippen LogP contribution in [-0.2, 0) is 17.6 Å².